The van der Waals surface area contributed by atoms with Crippen LogP contribution in [0.2, 0.25) is 0 Å². The summed E-state index contributed by atoms with van der Waals surface area (Å²) in [6.07, 6.45) is 5.55. The van der Waals surface area contributed by atoms with Gasteiger partial charge in [-0.15, -0.1) is 0 Å². The van der Waals surface area contributed by atoms with Crippen LogP contribution in [-0.2, 0) is 10.2 Å². The van der Waals surface area contributed by atoms with Gasteiger partial charge in [0.05, 0.1) is 5.41 Å². The molecule has 0 heterocycles. The van der Waals surface area contributed by atoms with Crippen molar-refractivity contribution >= 4 is 5.97 Å². The highest BCUT2D eigenvalue weighted by Crippen LogP contribution is 2.29. The van der Waals surface area contributed by atoms with Gasteiger partial charge in [0.25, 0.3) is 0 Å². The summed E-state index contributed by atoms with van der Waals surface area (Å²) in [5.41, 5.74) is 0.237. The van der Waals surface area contributed by atoms with E-state index in [1.54, 1.807) is 6.92 Å². The Kier molecular flexibility index (Phi) is 4.93. The molecule has 1 unspecified atom stereocenters. The molecule has 0 aliphatic carbocycles. The summed E-state index contributed by atoms with van der Waals surface area (Å²) in [4.78, 5) is 11.6. The topological polar surface area (TPSA) is 37.3 Å². The highest BCUT2D eigenvalue weighted by molar-refractivity contribution is 5.81. The molecule has 2 heteroatoms. The molecule has 1 atom stereocenters. The number of rotatable bonds is 5. The van der Waals surface area contributed by atoms with Crippen LogP contribution in [0, 0.1) is 5.41 Å². The van der Waals surface area contributed by atoms with E-state index >= 15 is 0 Å². The number of carbonyl (C=O) groups is 1. The van der Waals surface area contributed by atoms with E-state index in [0.717, 1.165) is 12.0 Å². The van der Waals surface area contributed by atoms with Crippen molar-refractivity contribution in [3.63, 3.8) is 0 Å². The maximum Gasteiger partial charge on any atom is 0.314 e. The van der Waals surface area contributed by atoms with Crippen molar-refractivity contribution in [2.45, 2.75) is 46.0 Å². The van der Waals surface area contributed by atoms with E-state index in [-0.39, 0.29) is 5.41 Å². The minimum absolute atomic E-state index is 0.239. The van der Waals surface area contributed by atoms with Crippen LogP contribution in [0.15, 0.2) is 42.5 Å². The molecule has 0 aliphatic rings. The average molecular weight is 260 g/mol. The highest BCUT2D eigenvalue weighted by Gasteiger charge is 2.33. The summed E-state index contributed by atoms with van der Waals surface area (Å²) < 4.78 is 0. The van der Waals surface area contributed by atoms with Crippen molar-refractivity contribution in [2.24, 2.45) is 5.41 Å². The van der Waals surface area contributed by atoms with Crippen LogP contribution in [0.25, 0.3) is 0 Å². The van der Waals surface area contributed by atoms with E-state index in [0.29, 0.717) is 6.42 Å². The lowest BCUT2D eigenvalue weighted by Crippen LogP contribution is -2.31. The van der Waals surface area contributed by atoms with E-state index < -0.39 is 11.4 Å². The molecule has 0 fully saturated rings. The summed E-state index contributed by atoms with van der Waals surface area (Å²) in [6, 6.07) is 9.43. The molecule has 1 rings (SSSR count). The monoisotopic (exact) mass is 260 g/mol. The molecule has 2 nitrogen and oxygen atoms in total. The number of allylic oxidation sites excluding steroid dienone is 2. The molecule has 0 radical (unpaired) electrons. The maximum atomic E-state index is 11.6. The Labute approximate surface area is 116 Å². The second-order valence-corrected chi connectivity index (χ2v) is 6.44. The Morgan fingerprint density at radius 2 is 1.58 bits per heavy atom. The zero-order chi connectivity index (χ0) is 14.5. The van der Waals surface area contributed by atoms with Crippen LogP contribution in [-0.4, -0.2) is 11.1 Å². The molecule has 0 amide bonds. The van der Waals surface area contributed by atoms with Crippen molar-refractivity contribution in [1.82, 2.24) is 0 Å². The van der Waals surface area contributed by atoms with Crippen molar-refractivity contribution in [3.8, 4) is 0 Å². The van der Waals surface area contributed by atoms with Gasteiger partial charge in [-0.2, -0.15) is 0 Å². The fourth-order valence-electron chi connectivity index (χ4n) is 1.89. The normalized spacial score (nSPS) is 15.4. The first kappa shape index (κ1) is 15.5. The summed E-state index contributed by atoms with van der Waals surface area (Å²) in [6.45, 7) is 8.30. The first-order chi connectivity index (χ1) is 8.76. The predicted molar refractivity (Wildman–Crippen MR) is 79.3 cm³/mol. The zero-order valence-electron chi connectivity index (χ0n) is 12.3. The van der Waals surface area contributed by atoms with Gasteiger partial charge in [-0.05, 0) is 30.7 Å². The van der Waals surface area contributed by atoms with Crippen LogP contribution in [0.1, 0.15) is 46.1 Å². The number of hydrogen-bond donors (Lipinski definition) is 1. The Balaban J connectivity index is 2.82. The highest BCUT2D eigenvalue weighted by atomic mass is 16.4. The van der Waals surface area contributed by atoms with Crippen molar-refractivity contribution in [2.75, 3.05) is 0 Å². The van der Waals surface area contributed by atoms with Crippen LogP contribution >= 0.6 is 0 Å². The van der Waals surface area contributed by atoms with E-state index in [1.165, 1.54) is 0 Å². The van der Waals surface area contributed by atoms with Gasteiger partial charge in [0.15, 0.2) is 0 Å². The third-order valence-electron chi connectivity index (χ3n) is 3.31. The Bertz CT molecular complexity index is 440. The standard InChI is InChI=1S/C17H24O2/c1-16(2,3)12-8-9-13-17(4,15(18)19)14-10-6-5-7-11-14/h5-11H,12-13H2,1-4H3,(H,18,19). The van der Waals surface area contributed by atoms with Gasteiger partial charge in [0, 0.05) is 0 Å². The molecule has 0 bridgehead atoms. The Morgan fingerprint density at radius 1 is 1.05 bits per heavy atom. The first-order valence-electron chi connectivity index (χ1n) is 6.70. The number of benzene rings is 1. The third-order valence-corrected chi connectivity index (χ3v) is 3.31. The van der Waals surface area contributed by atoms with E-state index in [1.807, 2.05) is 36.4 Å². The molecule has 0 spiro atoms. The van der Waals surface area contributed by atoms with Gasteiger partial charge in [0.1, 0.15) is 0 Å². The molecular formula is C17H24O2. The lowest BCUT2D eigenvalue weighted by molar-refractivity contribution is -0.143. The van der Waals surface area contributed by atoms with Crippen LogP contribution in [0.5, 0.6) is 0 Å². The largest absolute Gasteiger partial charge is 0.481 e. The molecule has 1 aromatic carbocycles. The molecule has 1 N–H and O–H groups in total. The van der Waals surface area contributed by atoms with Crippen LogP contribution < -0.4 is 0 Å². The van der Waals surface area contributed by atoms with Crippen molar-refractivity contribution in [1.29, 1.82) is 0 Å². The fraction of sp³-hybridized carbons (Fsp3) is 0.471. The number of hydrogen-bond acceptors (Lipinski definition) is 1. The summed E-state index contributed by atoms with van der Waals surface area (Å²) in [5, 5.41) is 9.51. The molecule has 0 aliphatic heterocycles. The van der Waals surface area contributed by atoms with Gasteiger partial charge >= 0.3 is 5.97 Å². The van der Waals surface area contributed by atoms with E-state index in [4.69, 9.17) is 0 Å². The van der Waals surface area contributed by atoms with Crippen LogP contribution in [0.3, 0.4) is 0 Å². The molecule has 0 saturated heterocycles. The van der Waals surface area contributed by atoms with Gasteiger partial charge in [-0.3, -0.25) is 4.79 Å². The zero-order valence-corrected chi connectivity index (χ0v) is 12.3. The smallest absolute Gasteiger partial charge is 0.314 e. The molecule has 0 saturated carbocycles. The second-order valence-electron chi connectivity index (χ2n) is 6.44. The minimum atomic E-state index is -0.852. The summed E-state index contributed by atoms with van der Waals surface area (Å²) >= 11 is 0. The molecular weight excluding hydrogens is 236 g/mol. The van der Waals surface area contributed by atoms with Crippen molar-refractivity contribution in [3.05, 3.63) is 48.0 Å². The first-order valence-corrected chi connectivity index (χ1v) is 6.70. The predicted octanol–water partition coefficient (Wildman–Crippen LogP) is 4.41. The fourth-order valence-corrected chi connectivity index (χ4v) is 1.89. The number of carboxylic acids is 1. The Morgan fingerprint density at radius 3 is 2.05 bits per heavy atom. The third kappa shape index (κ3) is 4.55. The maximum absolute atomic E-state index is 11.6. The van der Waals surface area contributed by atoms with Gasteiger partial charge in [-0.25, -0.2) is 0 Å². The summed E-state index contributed by atoms with van der Waals surface area (Å²) in [5.74, 6) is -0.779. The molecule has 104 valence electrons. The Hall–Kier alpha value is -1.57. The summed E-state index contributed by atoms with van der Waals surface area (Å²) in [7, 11) is 0. The van der Waals surface area contributed by atoms with Gasteiger partial charge in [0.2, 0.25) is 0 Å². The molecule has 0 aromatic heterocycles. The molecule has 1 aromatic rings. The molecule has 19 heavy (non-hydrogen) atoms. The minimum Gasteiger partial charge on any atom is -0.481 e. The van der Waals surface area contributed by atoms with E-state index in [2.05, 4.69) is 26.8 Å². The van der Waals surface area contributed by atoms with E-state index in [9.17, 15) is 9.90 Å². The average Bonchev–Trinajstić information content (AvgIpc) is 2.34. The number of carboxylic acid groups (broad SMARTS) is 1. The lowest BCUT2D eigenvalue weighted by atomic mass is 9.79. The SMILES string of the molecule is CC(C)(C)CC=CCC(C)(C(=O)O)c1ccccc1. The van der Waals surface area contributed by atoms with Crippen LogP contribution in [0.4, 0.5) is 0 Å². The lowest BCUT2D eigenvalue weighted by Gasteiger charge is -2.24. The quantitative estimate of drug-likeness (QED) is 0.796. The van der Waals surface area contributed by atoms with Gasteiger partial charge < -0.3 is 5.11 Å². The van der Waals surface area contributed by atoms with Gasteiger partial charge in [-0.1, -0.05) is 63.3 Å². The second kappa shape index (κ2) is 6.05. The number of aliphatic carboxylic acids is 1. The van der Waals surface area contributed by atoms with Crippen molar-refractivity contribution < 1.29 is 9.90 Å².